The van der Waals surface area contributed by atoms with Gasteiger partial charge in [0.15, 0.2) is 0 Å². The highest BCUT2D eigenvalue weighted by Gasteiger charge is 2.24. The Morgan fingerprint density at radius 2 is 1.80 bits per heavy atom. The molecule has 0 bridgehead atoms. The van der Waals surface area contributed by atoms with E-state index in [9.17, 15) is 25.0 Å². The summed E-state index contributed by atoms with van der Waals surface area (Å²) in [6.07, 6.45) is -0.0540. The Bertz CT molecular complexity index is 834. The summed E-state index contributed by atoms with van der Waals surface area (Å²) in [7, 11) is 0. The van der Waals surface area contributed by atoms with Crippen LogP contribution < -0.4 is 10.1 Å². The van der Waals surface area contributed by atoms with Crippen LogP contribution in [0.5, 0.6) is 5.75 Å². The molecule has 0 aliphatic heterocycles. The minimum Gasteiger partial charge on any atom is -0.491 e. The number of hydrogen-bond acceptors (Lipinski definition) is 6. The third kappa shape index (κ3) is 4.50. The molecule has 25 heavy (non-hydrogen) atoms. The van der Waals surface area contributed by atoms with Gasteiger partial charge in [-0.15, -0.1) is 0 Å². The summed E-state index contributed by atoms with van der Waals surface area (Å²) in [4.78, 5) is 32.6. The first kappa shape index (κ1) is 17.9. The molecule has 0 radical (unpaired) electrons. The van der Waals surface area contributed by atoms with Crippen molar-refractivity contribution in [3.8, 4) is 5.75 Å². The first-order valence-corrected chi connectivity index (χ1v) is 7.29. The van der Waals surface area contributed by atoms with Gasteiger partial charge in [0, 0.05) is 17.8 Å². The van der Waals surface area contributed by atoms with Crippen molar-refractivity contribution in [2.75, 3.05) is 5.32 Å². The molecule has 9 nitrogen and oxygen atoms in total. The van der Waals surface area contributed by atoms with Gasteiger partial charge >= 0.3 is 0 Å². The summed E-state index contributed by atoms with van der Waals surface area (Å²) < 4.78 is 5.51. The molecule has 0 aliphatic rings. The van der Waals surface area contributed by atoms with Crippen molar-refractivity contribution < 1.29 is 19.4 Å². The monoisotopic (exact) mass is 345 g/mol. The number of nitro benzene ring substituents is 2. The number of amides is 1. The first-order chi connectivity index (χ1) is 11.8. The molecular weight excluding hydrogens is 330 g/mol. The van der Waals surface area contributed by atoms with Gasteiger partial charge in [0.2, 0.25) is 0 Å². The van der Waals surface area contributed by atoms with E-state index in [0.29, 0.717) is 11.4 Å². The lowest BCUT2D eigenvalue weighted by atomic mass is 10.1. The molecular formula is C16H15N3O6. The smallest absolute Gasteiger partial charge is 0.289 e. The molecule has 0 spiro atoms. The standard InChI is InChI=1S/C16H15N3O6/c1-10(2)25-13-5-3-4-11(8-13)17-16(20)14-7-6-12(18(21)22)9-15(14)19(23)24/h3-10H,1-2H3,(H,17,20). The zero-order valence-electron chi connectivity index (χ0n) is 13.5. The van der Waals surface area contributed by atoms with E-state index in [1.54, 1.807) is 24.3 Å². The highest BCUT2D eigenvalue weighted by Crippen LogP contribution is 2.26. The predicted molar refractivity (Wildman–Crippen MR) is 89.9 cm³/mol. The van der Waals surface area contributed by atoms with Crippen LogP contribution in [0.15, 0.2) is 42.5 Å². The zero-order valence-corrected chi connectivity index (χ0v) is 13.5. The third-order valence-electron chi connectivity index (χ3n) is 3.10. The highest BCUT2D eigenvalue weighted by atomic mass is 16.6. The molecule has 9 heteroatoms. The van der Waals surface area contributed by atoms with Gasteiger partial charge in [-0.2, -0.15) is 0 Å². The van der Waals surface area contributed by atoms with Crippen molar-refractivity contribution in [2.24, 2.45) is 0 Å². The lowest BCUT2D eigenvalue weighted by molar-refractivity contribution is -0.394. The number of nitro groups is 2. The molecule has 0 aromatic heterocycles. The summed E-state index contributed by atoms with van der Waals surface area (Å²) in [6, 6.07) is 9.41. The normalized spacial score (nSPS) is 10.4. The molecule has 0 aliphatic carbocycles. The van der Waals surface area contributed by atoms with E-state index in [4.69, 9.17) is 4.74 Å². The van der Waals surface area contributed by atoms with Crippen LogP contribution in [0.1, 0.15) is 24.2 Å². The predicted octanol–water partition coefficient (Wildman–Crippen LogP) is 3.54. The second-order valence-corrected chi connectivity index (χ2v) is 5.36. The fraction of sp³-hybridized carbons (Fsp3) is 0.188. The van der Waals surface area contributed by atoms with Crippen molar-refractivity contribution in [2.45, 2.75) is 20.0 Å². The lowest BCUT2D eigenvalue weighted by Crippen LogP contribution is -2.14. The first-order valence-electron chi connectivity index (χ1n) is 7.29. The van der Waals surface area contributed by atoms with Crippen molar-refractivity contribution in [1.82, 2.24) is 0 Å². The van der Waals surface area contributed by atoms with E-state index in [1.165, 1.54) is 0 Å². The largest absolute Gasteiger partial charge is 0.491 e. The van der Waals surface area contributed by atoms with Gasteiger partial charge in [0.25, 0.3) is 17.3 Å². The van der Waals surface area contributed by atoms with Crippen molar-refractivity contribution >= 4 is 23.0 Å². The summed E-state index contributed by atoms with van der Waals surface area (Å²) >= 11 is 0. The van der Waals surface area contributed by atoms with Crippen LogP contribution in [0, 0.1) is 20.2 Å². The van der Waals surface area contributed by atoms with Crippen molar-refractivity contribution in [3.05, 3.63) is 68.3 Å². The molecule has 1 amide bonds. The maximum atomic E-state index is 12.3. The SMILES string of the molecule is CC(C)Oc1cccc(NC(=O)c2ccc([N+](=O)[O-])cc2[N+](=O)[O-])c1. The molecule has 0 fully saturated rings. The minimum atomic E-state index is -0.833. The van der Waals surface area contributed by atoms with Crippen molar-refractivity contribution in [3.63, 3.8) is 0 Å². The maximum Gasteiger partial charge on any atom is 0.289 e. The van der Waals surface area contributed by atoms with E-state index in [1.807, 2.05) is 13.8 Å². The summed E-state index contributed by atoms with van der Waals surface area (Å²) in [5.74, 6) is -0.214. The number of ether oxygens (including phenoxy) is 1. The topological polar surface area (TPSA) is 125 Å². The van der Waals surface area contributed by atoms with Gasteiger partial charge < -0.3 is 10.1 Å². The molecule has 2 aromatic carbocycles. The molecule has 0 atom stereocenters. The molecule has 130 valence electrons. The second kappa shape index (κ2) is 7.39. The number of nitrogens with zero attached hydrogens (tertiary/aromatic N) is 2. The molecule has 0 saturated carbocycles. The molecule has 1 N–H and O–H groups in total. The van der Waals surface area contributed by atoms with Crippen LogP contribution in [0.4, 0.5) is 17.1 Å². The molecule has 0 heterocycles. The Morgan fingerprint density at radius 3 is 2.40 bits per heavy atom. The third-order valence-corrected chi connectivity index (χ3v) is 3.10. The van der Waals surface area contributed by atoms with Gasteiger partial charge in [-0.1, -0.05) is 6.07 Å². The van der Waals surface area contributed by atoms with E-state index in [2.05, 4.69) is 5.32 Å². The Morgan fingerprint density at radius 1 is 1.08 bits per heavy atom. The number of non-ortho nitro benzene ring substituents is 1. The summed E-state index contributed by atoms with van der Waals surface area (Å²) in [5.41, 5.74) is -0.988. The van der Waals surface area contributed by atoms with Gasteiger partial charge in [-0.3, -0.25) is 25.0 Å². The van der Waals surface area contributed by atoms with Crippen LogP contribution in [0.25, 0.3) is 0 Å². The van der Waals surface area contributed by atoms with E-state index >= 15 is 0 Å². The molecule has 0 unspecified atom stereocenters. The Labute approximate surface area is 142 Å². The van der Waals surface area contributed by atoms with Crippen LogP contribution >= 0.6 is 0 Å². The van der Waals surface area contributed by atoms with E-state index in [-0.39, 0.29) is 11.7 Å². The lowest BCUT2D eigenvalue weighted by Gasteiger charge is -2.11. The summed E-state index contributed by atoms with van der Waals surface area (Å²) in [5, 5.41) is 24.4. The number of anilines is 1. The van der Waals surface area contributed by atoms with Crippen LogP contribution in [-0.2, 0) is 0 Å². The molecule has 2 rings (SSSR count). The van der Waals surface area contributed by atoms with Crippen LogP contribution in [0.3, 0.4) is 0 Å². The van der Waals surface area contributed by atoms with Gasteiger partial charge in [0.1, 0.15) is 11.3 Å². The number of benzene rings is 2. The average molecular weight is 345 g/mol. The second-order valence-electron chi connectivity index (χ2n) is 5.36. The van der Waals surface area contributed by atoms with Gasteiger partial charge in [-0.25, -0.2) is 0 Å². The molecule has 0 saturated heterocycles. The fourth-order valence-corrected chi connectivity index (χ4v) is 2.09. The number of nitrogens with one attached hydrogen (secondary N) is 1. The zero-order chi connectivity index (χ0) is 18.6. The molecule has 2 aromatic rings. The van der Waals surface area contributed by atoms with E-state index in [0.717, 1.165) is 18.2 Å². The van der Waals surface area contributed by atoms with Crippen LogP contribution in [-0.4, -0.2) is 21.9 Å². The van der Waals surface area contributed by atoms with E-state index < -0.39 is 27.1 Å². The van der Waals surface area contributed by atoms with Crippen molar-refractivity contribution in [1.29, 1.82) is 0 Å². The number of hydrogen-bond donors (Lipinski definition) is 1. The van der Waals surface area contributed by atoms with Gasteiger partial charge in [0.05, 0.1) is 22.0 Å². The Kier molecular flexibility index (Phi) is 5.28. The Balaban J connectivity index is 2.29. The van der Waals surface area contributed by atoms with Crippen LogP contribution in [0.2, 0.25) is 0 Å². The number of rotatable bonds is 6. The maximum absolute atomic E-state index is 12.3. The minimum absolute atomic E-state index is 0.0540. The summed E-state index contributed by atoms with van der Waals surface area (Å²) in [6.45, 7) is 3.71. The Hall–Kier alpha value is -3.49. The number of carbonyl (C=O) groups is 1. The number of carbonyl (C=O) groups excluding carboxylic acids is 1. The highest BCUT2D eigenvalue weighted by molar-refractivity contribution is 6.07. The quantitative estimate of drug-likeness (QED) is 0.630. The average Bonchev–Trinajstić information content (AvgIpc) is 2.53. The fourth-order valence-electron chi connectivity index (χ4n) is 2.09. The van der Waals surface area contributed by atoms with Gasteiger partial charge in [-0.05, 0) is 32.0 Å².